The summed E-state index contributed by atoms with van der Waals surface area (Å²) in [6.07, 6.45) is 0.0827. The van der Waals surface area contributed by atoms with E-state index in [2.05, 4.69) is 16.0 Å². The van der Waals surface area contributed by atoms with Crippen molar-refractivity contribution in [2.75, 3.05) is 40.3 Å². The molecule has 0 aromatic carbocycles. The molecule has 0 aromatic heterocycles. The molecule has 10 heteroatoms. The minimum atomic E-state index is -0.504. The minimum absolute atomic E-state index is 0.00548. The summed E-state index contributed by atoms with van der Waals surface area (Å²) in [5.74, 6) is -1.72. The molecule has 1 saturated heterocycles. The van der Waals surface area contributed by atoms with Gasteiger partial charge in [-0.05, 0) is 6.92 Å². The molecule has 1 unspecified atom stereocenters. The van der Waals surface area contributed by atoms with Crippen molar-refractivity contribution in [1.29, 1.82) is 0 Å². The molecule has 0 bridgehead atoms. The number of likely N-dealkylation sites (N-methyl/N-ethyl adjacent to an activating group) is 2. The Balaban J connectivity index is 2.71. The second-order valence-electron chi connectivity index (χ2n) is 6.28. The van der Waals surface area contributed by atoms with E-state index >= 15 is 0 Å². The first-order valence-electron chi connectivity index (χ1n) is 8.50. The fraction of sp³-hybridized carbons (Fsp3) is 0.688. The number of nitrogens with one attached hydrogen (secondary N) is 3. The number of hydrogen-bond acceptors (Lipinski definition) is 5. The second-order valence-corrected chi connectivity index (χ2v) is 6.28. The third-order valence-corrected chi connectivity index (χ3v) is 4.20. The van der Waals surface area contributed by atoms with Gasteiger partial charge in [0.2, 0.25) is 29.5 Å². The van der Waals surface area contributed by atoms with Crippen molar-refractivity contribution in [2.45, 2.75) is 32.2 Å². The van der Waals surface area contributed by atoms with Crippen LogP contribution in [-0.2, 0) is 24.0 Å². The van der Waals surface area contributed by atoms with E-state index in [1.165, 1.54) is 16.8 Å². The maximum absolute atomic E-state index is 12.1. The quantitative estimate of drug-likeness (QED) is 0.447. The van der Waals surface area contributed by atoms with Gasteiger partial charge in [-0.2, -0.15) is 0 Å². The second kappa shape index (κ2) is 10.4. The van der Waals surface area contributed by atoms with Crippen LogP contribution in [0.15, 0.2) is 0 Å². The fourth-order valence-corrected chi connectivity index (χ4v) is 2.16. The molecule has 1 aliphatic heterocycles. The van der Waals surface area contributed by atoms with Crippen LogP contribution in [0, 0.1) is 0 Å². The lowest BCUT2D eigenvalue weighted by Crippen LogP contribution is -2.45. The van der Waals surface area contributed by atoms with Crippen LogP contribution in [-0.4, -0.2) is 85.7 Å². The zero-order valence-corrected chi connectivity index (χ0v) is 15.5. The summed E-state index contributed by atoms with van der Waals surface area (Å²) in [7, 11) is 3.15. The van der Waals surface area contributed by atoms with Gasteiger partial charge in [-0.1, -0.05) is 0 Å². The van der Waals surface area contributed by atoms with Gasteiger partial charge < -0.3 is 25.8 Å². The van der Waals surface area contributed by atoms with Crippen molar-refractivity contribution in [2.24, 2.45) is 0 Å². The summed E-state index contributed by atoms with van der Waals surface area (Å²) in [6, 6.07) is -0.237. The van der Waals surface area contributed by atoms with Crippen LogP contribution in [0.25, 0.3) is 0 Å². The summed E-state index contributed by atoms with van der Waals surface area (Å²) in [5, 5.41) is 7.53. The Hall–Kier alpha value is -2.65. The number of carbonyl (C=O) groups is 5. The molecule has 0 spiro atoms. The summed E-state index contributed by atoms with van der Waals surface area (Å²) in [4.78, 5) is 62.1. The summed E-state index contributed by atoms with van der Waals surface area (Å²) >= 11 is 0. The Bertz CT molecular complexity index is 565. The van der Waals surface area contributed by atoms with Crippen molar-refractivity contribution in [1.82, 2.24) is 25.8 Å². The molecule has 3 N–H and O–H groups in total. The number of hydrogen-bond donors (Lipinski definition) is 3. The normalized spacial score (nSPS) is 22.9. The van der Waals surface area contributed by atoms with E-state index in [0.717, 1.165) is 0 Å². The smallest absolute Gasteiger partial charge is 0.241 e. The minimum Gasteiger partial charge on any atom is -0.354 e. The molecule has 5 amide bonds. The lowest BCUT2D eigenvalue weighted by molar-refractivity contribution is -0.135. The Morgan fingerprint density at radius 2 is 1.38 bits per heavy atom. The number of rotatable bonds is 0. The highest BCUT2D eigenvalue weighted by Crippen LogP contribution is 2.01. The predicted molar refractivity (Wildman–Crippen MR) is 92.7 cm³/mol. The van der Waals surface area contributed by atoms with Gasteiger partial charge in [-0.15, -0.1) is 0 Å². The summed E-state index contributed by atoms with van der Waals surface area (Å²) in [5.41, 5.74) is 0. The number of nitrogens with zero attached hydrogens (tertiary/aromatic N) is 2. The monoisotopic (exact) mass is 369 g/mol. The first-order chi connectivity index (χ1) is 12.2. The van der Waals surface area contributed by atoms with Gasteiger partial charge in [0.15, 0.2) is 0 Å². The average molecular weight is 369 g/mol. The molecule has 0 radical (unpaired) electrons. The third kappa shape index (κ3) is 7.49. The van der Waals surface area contributed by atoms with E-state index in [1.807, 2.05) is 0 Å². The topological polar surface area (TPSA) is 128 Å². The molecule has 26 heavy (non-hydrogen) atoms. The van der Waals surface area contributed by atoms with Crippen LogP contribution in [0.2, 0.25) is 0 Å². The molecule has 1 aliphatic rings. The molecule has 1 fully saturated rings. The van der Waals surface area contributed by atoms with Crippen molar-refractivity contribution in [3.05, 3.63) is 0 Å². The molecule has 1 atom stereocenters. The van der Waals surface area contributed by atoms with Crippen molar-refractivity contribution < 1.29 is 24.0 Å². The Morgan fingerprint density at radius 3 is 2.08 bits per heavy atom. The van der Waals surface area contributed by atoms with E-state index in [4.69, 9.17) is 0 Å². The highest BCUT2D eigenvalue weighted by Gasteiger charge is 2.19. The van der Waals surface area contributed by atoms with Crippen molar-refractivity contribution in [3.63, 3.8) is 0 Å². The Morgan fingerprint density at radius 1 is 0.769 bits per heavy atom. The van der Waals surface area contributed by atoms with Gasteiger partial charge in [0.05, 0.1) is 13.1 Å². The van der Waals surface area contributed by atoms with Gasteiger partial charge in [-0.25, -0.2) is 0 Å². The first-order valence-corrected chi connectivity index (χ1v) is 8.50. The number of amides is 5. The zero-order chi connectivity index (χ0) is 19.7. The van der Waals surface area contributed by atoms with E-state index in [1.54, 1.807) is 14.0 Å². The summed E-state index contributed by atoms with van der Waals surface area (Å²) in [6.45, 7) is 1.80. The molecule has 146 valence electrons. The van der Waals surface area contributed by atoms with Gasteiger partial charge in [0.1, 0.15) is 0 Å². The van der Waals surface area contributed by atoms with Crippen LogP contribution in [0.5, 0.6) is 0 Å². The standard InChI is InChI=1S/C16H27N5O5/c1-11-8-17-13(23)6-7-20(2)16(26)10-19-14(24)9-18-12(22)4-5-15(25)21(11)3/h11H,4-10H2,1-3H3,(H,17,23)(H,18,22)(H,19,24). The molecular formula is C16H27N5O5. The van der Waals surface area contributed by atoms with Crippen molar-refractivity contribution >= 4 is 29.5 Å². The van der Waals surface area contributed by atoms with Gasteiger partial charge in [0.25, 0.3) is 0 Å². The first kappa shape index (κ1) is 21.4. The maximum atomic E-state index is 12.1. The van der Waals surface area contributed by atoms with Crippen LogP contribution < -0.4 is 16.0 Å². The van der Waals surface area contributed by atoms with Gasteiger partial charge in [-0.3, -0.25) is 24.0 Å². The fourth-order valence-electron chi connectivity index (χ4n) is 2.16. The molecule has 0 saturated carbocycles. The Labute approximate surface area is 152 Å². The van der Waals surface area contributed by atoms with E-state index in [-0.39, 0.29) is 69.2 Å². The van der Waals surface area contributed by atoms with Crippen LogP contribution in [0.1, 0.15) is 26.2 Å². The highest BCUT2D eigenvalue weighted by molar-refractivity contribution is 5.89. The molecule has 1 heterocycles. The molecular weight excluding hydrogens is 342 g/mol. The largest absolute Gasteiger partial charge is 0.354 e. The van der Waals surface area contributed by atoms with Gasteiger partial charge in [0, 0.05) is 52.5 Å². The highest BCUT2D eigenvalue weighted by atomic mass is 16.2. The van der Waals surface area contributed by atoms with Crippen molar-refractivity contribution in [3.8, 4) is 0 Å². The Kier molecular flexibility index (Phi) is 8.53. The number of carbonyl (C=O) groups excluding carboxylic acids is 5. The van der Waals surface area contributed by atoms with Crippen LogP contribution in [0.4, 0.5) is 0 Å². The SMILES string of the molecule is CC1CNC(=O)CCN(C)C(=O)CNC(=O)CNC(=O)CCC(=O)N1C. The lowest BCUT2D eigenvalue weighted by atomic mass is 10.2. The molecule has 1 rings (SSSR count). The molecule has 10 nitrogen and oxygen atoms in total. The average Bonchev–Trinajstić information content (AvgIpc) is 2.62. The summed E-state index contributed by atoms with van der Waals surface area (Å²) < 4.78 is 0. The van der Waals surface area contributed by atoms with E-state index in [0.29, 0.717) is 0 Å². The predicted octanol–water partition coefficient (Wildman–Crippen LogP) is -2.18. The zero-order valence-electron chi connectivity index (χ0n) is 15.5. The third-order valence-electron chi connectivity index (χ3n) is 4.20. The van der Waals surface area contributed by atoms with E-state index < -0.39 is 11.8 Å². The van der Waals surface area contributed by atoms with Crippen LogP contribution in [0.3, 0.4) is 0 Å². The lowest BCUT2D eigenvalue weighted by Gasteiger charge is -2.25. The van der Waals surface area contributed by atoms with E-state index in [9.17, 15) is 24.0 Å². The molecule has 0 aliphatic carbocycles. The van der Waals surface area contributed by atoms with Gasteiger partial charge >= 0.3 is 0 Å². The van der Waals surface area contributed by atoms with Crippen LogP contribution >= 0.6 is 0 Å². The maximum Gasteiger partial charge on any atom is 0.241 e. The molecule has 0 aromatic rings.